The molecule has 1 unspecified atom stereocenters. The molecule has 10 heteroatoms. The summed E-state index contributed by atoms with van der Waals surface area (Å²) in [6.07, 6.45) is 5.77. The average Bonchev–Trinajstić information content (AvgIpc) is 3.71. The molecule has 264 valence electrons. The molecule has 0 saturated carbocycles. The summed E-state index contributed by atoms with van der Waals surface area (Å²) in [5.41, 5.74) is -0.527. The van der Waals surface area contributed by atoms with Gasteiger partial charge in [-0.2, -0.15) is 0 Å². The highest BCUT2D eigenvalue weighted by Crippen LogP contribution is 2.59. The van der Waals surface area contributed by atoms with E-state index in [1.54, 1.807) is 28.9 Å². The molecule has 3 aliphatic heterocycles. The van der Waals surface area contributed by atoms with Crippen molar-refractivity contribution in [2.45, 2.75) is 122 Å². The van der Waals surface area contributed by atoms with Gasteiger partial charge in [0.25, 0.3) is 0 Å². The number of hydrogen-bond acceptors (Lipinski definition) is 7. The lowest BCUT2D eigenvalue weighted by Crippen LogP contribution is -2.60. The van der Waals surface area contributed by atoms with Gasteiger partial charge in [0.2, 0.25) is 17.7 Å². The summed E-state index contributed by atoms with van der Waals surface area (Å²) in [6, 6.07) is 6.91. The van der Waals surface area contributed by atoms with Crippen molar-refractivity contribution in [1.29, 1.82) is 0 Å². The fourth-order valence-electron chi connectivity index (χ4n) is 8.15. The number of hydrogen-bond donors (Lipinski definition) is 2. The van der Waals surface area contributed by atoms with Gasteiger partial charge in [0.1, 0.15) is 17.7 Å². The first-order chi connectivity index (χ1) is 22.9. The van der Waals surface area contributed by atoms with E-state index in [4.69, 9.17) is 9.47 Å². The number of benzene rings is 1. The van der Waals surface area contributed by atoms with Crippen molar-refractivity contribution >= 4 is 23.7 Å². The number of rotatable bonds is 18. The molecule has 1 aromatic rings. The van der Waals surface area contributed by atoms with Crippen molar-refractivity contribution in [2.24, 2.45) is 17.8 Å². The monoisotopic (exact) mass is 665 g/mol. The van der Waals surface area contributed by atoms with E-state index >= 15 is 0 Å². The molecule has 0 aromatic heterocycles. The van der Waals surface area contributed by atoms with E-state index < -0.39 is 53.7 Å². The summed E-state index contributed by atoms with van der Waals surface area (Å²) in [7, 11) is 0. The van der Waals surface area contributed by atoms with Crippen molar-refractivity contribution < 1.29 is 33.8 Å². The number of carbonyl (C=O) groups is 4. The van der Waals surface area contributed by atoms with Gasteiger partial charge < -0.3 is 29.7 Å². The lowest BCUT2D eigenvalue weighted by molar-refractivity contribution is -0.163. The van der Waals surface area contributed by atoms with Gasteiger partial charge in [-0.25, -0.2) is 0 Å². The molecule has 4 rings (SSSR count). The molecule has 2 N–H and O–H groups in total. The molecule has 2 bridgehead atoms. The van der Waals surface area contributed by atoms with Crippen LogP contribution in [0.15, 0.2) is 55.6 Å². The maximum absolute atomic E-state index is 14.7. The average molecular weight is 666 g/mol. The largest absolute Gasteiger partial charge is 0.455 e. The summed E-state index contributed by atoms with van der Waals surface area (Å²) in [6.45, 7) is 17.4. The van der Waals surface area contributed by atoms with E-state index in [9.17, 15) is 24.3 Å². The minimum Gasteiger partial charge on any atom is -0.455 e. The van der Waals surface area contributed by atoms with Crippen LogP contribution < -0.4 is 5.32 Å². The van der Waals surface area contributed by atoms with Crippen LogP contribution in [0, 0.1) is 17.8 Å². The van der Waals surface area contributed by atoms with E-state index in [2.05, 4.69) is 25.4 Å². The highest BCUT2D eigenvalue weighted by atomic mass is 16.6. The second-order valence-electron chi connectivity index (χ2n) is 14.1. The van der Waals surface area contributed by atoms with Crippen molar-refractivity contribution in [1.82, 2.24) is 15.1 Å². The number of nitrogens with one attached hydrogen (secondary N) is 1. The number of esters is 1. The van der Waals surface area contributed by atoms with Crippen LogP contribution in [0.3, 0.4) is 0 Å². The third-order valence-electron chi connectivity index (χ3n) is 10.2. The van der Waals surface area contributed by atoms with Gasteiger partial charge in [0.15, 0.2) is 0 Å². The molecule has 0 aliphatic carbocycles. The summed E-state index contributed by atoms with van der Waals surface area (Å²) in [4.78, 5) is 59.7. The summed E-state index contributed by atoms with van der Waals surface area (Å²) >= 11 is 0. The first-order valence-electron chi connectivity index (χ1n) is 17.6. The molecule has 3 fully saturated rings. The number of carbonyl (C=O) groups excluding carboxylic acids is 4. The molecule has 10 nitrogen and oxygen atoms in total. The normalized spacial score (nSPS) is 26.8. The lowest BCUT2D eigenvalue weighted by Gasteiger charge is -2.41. The number of ether oxygens (including phenoxy) is 2. The molecular formula is C38H55N3O7. The highest BCUT2D eigenvalue weighted by molar-refractivity contribution is 5.98. The van der Waals surface area contributed by atoms with Crippen LogP contribution in [0.25, 0.3) is 0 Å². The van der Waals surface area contributed by atoms with Crippen molar-refractivity contribution in [2.75, 3.05) is 13.2 Å². The molecule has 3 heterocycles. The molecule has 3 amide bonds. The number of allylic oxidation sites excluding steroid dienone is 1. The zero-order chi connectivity index (χ0) is 35.2. The van der Waals surface area contributed by atoms with Gasteiger partial charge in [0, 0.05) is 19.0 Å². The molecule has 1 aromatic carbocycles. The topological polar surface area (TPSA) is 125 Å². The molecule has 3 aliphatic rings. The standard InChI is InChI=1S/C38H55N3O7/c1-8-11-18-30(43)39-26(7)33(27-16-13-12-14-17-27)47-37(46)31-29-19-20-38(48-29)32(31)35(44)41(28(23-42)22-24(4)5)34(38)36(45)40(21-10-3)25(6)15-9-2/h8,10,12-14,16-17,24-26,28-29,31-34,42H,1,3,9,11,15,18-23H2,2,4-7H3,(H,39,43)/t25?,26-,28-,29-,31+,32+,33-,34-,38+/m1/s1. The second kappa shape index (κ2) is 16.3. The van der Waals surface area contributed by atoms with Crippen LogP contribution in [0.5, 0.6) is 0 Å². The van der Waals surface area contributed by atoms with Gasteiger partial charge in [-0.05, 0) is 57.4 Å². The van der Waals surface area contributed by atoms with Crippen LogP contribution in [-0.2, 0) is 28.7 Å². The Morgan fingerprint density at radius 2 is 1.88 bits per heavy atom. The fraction of sp³-hybridized carbons (Fsp3) is 0.632. The SMILES string of the molecule is C=CCCC(=O)N[C@H](C)[C@@H](OC(=O)[C@@H]1[C@H]2C(=O)N([C@@H](CO)CC(C)C)[C@H](C(=O)N(CC=C)C(C)CCC)[C@]23CC[C@H]1O3)c1ccccc1. The molecule has 0 radical (unpaired) electrons. The van der Waals surface area contributed by atoms with Crippen molar-refractivity contribution in [3.8, 4) is 0 Å². The van der Waals surface area contributed by atoms with Crippen LogP contribution in [-0.4, -0.2) is 87.6 Å². The zero-order valence-corrected chi connectivity index (χ0v) is 29.3. The van der Waals surface area contributed by atoms with Crippen LogP contribution in [0.4, 0.5) is 0 Å². The molecule has 48 heavy (non-hydrogen) atoms. The molecule has 1 spiro atoms. The number of likely N-dealkylation sites (tertiary alicyclic amines) is 1. The van der Waals surface area contributed by atoms with Gasteiger partial charge >= 0.3 is 5.97 Å². The van der Waals surface area contributed by atoms with Gasteiger partial charge in [0.05, 0.1) is 36.6 Å². The fourth-order valence-corrected chi connectivity index (χ4v) is 8.15. The number of aliphatic hydroxyl groups excluding tert-OH is 1. The molecule has 3 saturated heterocycles. The quantitative estimate of drug-likeness (QED) is 0.172. The van der Waals surface area contributed by atoms with Crippen molar-refractivity contribution in [3.05, 3.63) is 61.2 Å². The van der Waals surface area contributed by atoms with Crippen LogP contribution in [0.1, 0.15) is 91.2 Å². The molecular weight excluding hydrogens is 610 g/mol. The minimum absolute atomic E-state index is 0.111. The Balaban J connectivity index is 1.72. The highest BCUT2D eigenvalue weighted by Gasteiger charge is 2.75. The van der Waals surface area contributed by atoms with E-state index in [-0.39, 0.29) is 42.7 Å². The summed E-state index contributed by atoms with van der Waals surface area (Å²) in [5.74, 6) is -3.14. The Bertz CT molecular complexity index is 1320. The van der Waals surface area contributed by atoms with Gasteiger partial charge in [-0.15, -0.1) is 13.2 Å². The van der Waals surface area contributed by atoms with Gasteiger partial charge in [-0.3, -0.25) is 19.2 Å². The summed E-state index contributed by atoms with van der Waals surface area (Å²) < 4.78 is 12.9. The smallest absolute Gasteiger partial charge is 0.313 e. The van der Waals surface area contributed by atoms with Crippen molar-refractivity contribution in [3.63, 3.8) is 0 Å². The van der Waals surface area contributed by atoms with Crippen LogP contribution in [0.2, 0.25) is 0 Å². The Kier molecular flexibility index (Phi) is 12.6. The van der Waals surface area contributed by atoms with Crippen LogP contribution >= 0.6 is 0 Å². The summed E-state index contributed by atoms with van der Waals surface area (Å²) in [5, 5.41) is 13.6. The lowest BCUT2D eigenvalue weighted by atomic mass is 9.70. The third-order valence-corrected chi connectivity index (χ3v) is 10.2. The van der Waals surface area contributed by atoms with Gasteiger partial charge in [-0.1, -0.05) is 69.7 Å². The Labute approximate surface area is 285 Å². The Morgan fingerprint density at radius 3 is 2.48 bits per heavy atom. The Hall–Kier alpha value is -3.50. The first kappa shape index (κ1) is 37.3. The number of aliphatic hydroxyl groups is 1. The molecule has 9 atom stereocenters. The number of nitrogens with zero attached hydrogens (tertiary/aromatic N) is 2. The van der Waals surface area contributed by atoms with E-state index in [0.717, 1.165) is 12.8 Å². The predicted molar refractivity (Wildman–Crippen MR) is 183 cm³/mol. The van der Waals surface area contributed by atoms with E-state index in [1.165, 1.54) is 0 Å². The maximum Gasteiger partial charge on any atom is 0.313 e. The number of fused-ring (bicyclic) bond motifs is 1. The second-order valence-corrected chi connectivity index (χ2v) is 14.1. The Morgan fingerprint density at radius 1 is 1.17 bits per heavy atom. The maximum atomic E-state index is 14.7. The van der Waals surface area contributed by atoms with E-state index in [0.29, 0.717) is 37.8 Å². The van der Waals surface area contributed by atoms with E-state index in [1.807, 2.05) is 51.1 Å². The first-order valence-corrected chi connectivity index (χ1v) is 17.6. The predicted octanol–water partition coefficient (Wildman–Crippen LogP) is 4.73. The number of amides is 3. The zero-order valence-electron chi connectivity index (χ0n) is 29.3. The minimum atomic E-state index is -1.23. The third kappa shape index (κ3) is 7.39.